The van der Waals surface area contributed by atoms with Crippen molar-refractivity contribution in [2.24, 2.45) is 0 Å². The molecule has 3 heterocycles. The van der Waals surface area contributed by atoms with E-state index in [-0.39, 0.29) is 0 Å². The predicted octanol–water partition coefficient (Wildman–Crippen LogP) is 13.8. The van der Waals surface area contributed by atoms with E-state index in [0.29, 0.717) is 17.5 Å². The SMILES string of the molecule is c1cc(-c2nc(-c3ccc4ccccc4c3)nc(-c3cccc4oc5ccccc5c34)n2)cc(-c2ccccc2-n2c3ccccc3c3cc4ccccc4cc32)c1. The Labute approximate surface area is 333 Å². The number of fused-ring (bicyclic) bond motifs is 8. The van der Waals surface area contributed by atoms with Gasteiger partial charge in [-0.15, -0.1) is 0 Å². The number of benzene rings is 9. The molecule has 9 aromatic carbocycles. The molecule has 0 amide bonds. The minimum Gasteiger partial charge on any atom is -0.456 e. The smallest absolute Gasteiger partial charge is 0.164 e. The van der Waals surface area contributed by atoms with E-state index in [4.69, 9.17) is 19.4 Å². The molecule has 12 aromatic rings. The third-order valence-electron chi connectivity index (χ3n) is 11.4. The number of nitrogens with zero attached hydrogens (tertiary/aromatic N) is 4. The highest BCUT2D eigenvalue weighted by atomic mass is 16.3. The Balaban J connectivity index is 1.06. The van der Waals surface area contributed by atoms with Crippen LogP contribution in [0.2, 0.25) is 0 Å². The standard InChI is InChI=1S/C53H32N4O/c1-2-14-34-29-39(28-27-33(34)13-1)52-54-51(55-53(56-52)43-22-12-26-49-50(43)42-21-7-10-25-48(42)58-49)38-18-11-17-37(30-38)40-19-5-8-23-45(40)57-46-24-9-6-20-41(46)44-31-35-15-3-4-16-36(35)32-47(44)57/h1-32H. The second-order valence-corrected chi connectivity index (χ2v) is 14.8. The van der Waals surface area contributed by atoms with E-state index in [9.17, 15) is 0 Å². The van der Waals surface area contributed by atoms with Gasteiger partial charge in [0.1, 0.15) is 11.2 Å². The van der Waals surface area contributed by atoms with Crippen LogP contribution >= 0.6 is 0 Å². The molecule has 270 valence electrons. The van der Waals surface area contributed by atoms with Crippen LogP contribution in [0.5, 0.6) is 0 Å². The zero-order valence-electron chi connectivity index (χ0n) is 31.2. The summed E-state index contributed by atoms with van der Waals surface area (Å²) >= 11 is 0. The molecule has 0 unspecified atom stereocenters. The van der Waals surface area contributed by atoms with Gasteiger partial charge in [0, 0.05) is 43.8 Å². The molecule has 12 rings (SSSR count). The van der Waals surface area contributed by atoms with Gasteiger partial charge >= 0.3 is 0 Å². The average Bonchev–Trinajstić information content (AvgIpc) is 3.83. The fraction of sp³-hybridized carbons (Fsp3) is 0. The summed E-state index contributed by atoms with van der Waals surface area (Å²) in [6.07, 6.45) is 0. The first-order valence-electron chi connectivity index (χ1n) is 19.5. The number of hydrogen-bond acceptors (Lipinski definition) is 4. The first-order valence-corrected chi connectivity index (χ1v) is 19.5. The maximum Gasteiger partial charge on any atom is 0.164 e. The fourth-order valence-corrected chi connectivity index (χ4v) is 8.70. The van der Waals surface area contributed by atoms with Crippen LogP contribution in [0.3, 0.4) is 0 Å². The lowest BCUT2D eigenvalue weighted by Crippen LogP contribution is -2.01. The average molecular weight is 741 g/mol. The summed E-state index contributed by atoms with van der Waals surface area (Å²) in [6.45, 7) is 0. The highest BCUT2D eigenvalue weighted by Crippen LogP contribution is 2.40. The topological polar surface area (TPSA) is 56.7 Å². The number of furan rings is 1. The van der Waals surface area contributed by atoms with Crippen molar-refractivity contribution in [3.63, 3.8) is 0 Å². The summed E-state index contributed by atoms with van der Waals surface area (Å²) in [6, 6.07) is 68.2. The van der Waals surface area contributed by atoms with Gasteiger partial charge in [0.05, 0.1) is 16.7 Å². The summed E-state index contributed by atoms with van der Waals surface area (Å²) in [5.41, 5.74) is 9.97. The number of hydrogen-bond donors (Lipinski definition) is 0. The van der Waals surface area contributed by atoms with Crippen molar-refractivity contribution in [1.82, 2.24) is 19.5 Å². The Hall–Kier alpha value is -7.89. The molecule has 5 nitrogen and oxygen atoms in total. The minimum atomic E-state index is 0.591. The Morgan fingerprint density at radius 3 is 1.81 bits per heavy atom. The van der Waals surface area contributed by atoms with E-state index in [2.05, 4.69) is 168 Å². The fourth-order valence-electron chi connectivity index (χ4n) is 8.70. The molecule has 0 N–H and O–H groups in total. The van der Waals surface area contributed by atoms with Crippen molar-refractivity contribution >= 4 is 65.3 Å². The lowest BCUT2D eigenvalue weighted by molar-refractivity contribution is 0.669. The van der Waals surface area contributed by atoms with Gasteiger partial charge in [0.25, 0.3) is 0 Å². The number of para-hydroxylation sites is 3. The first kappa shape index (κ1) is 32.4. The molecule has 58 heavy (non-hydrogen) atoms. The van der Waals surface area contributed by atoms with E-state index < -0.39 is 0 Å². The maximum atomic E-state index is 6.30. The largest absolute Gasteiger partial charge is 0.456 e. The Morgan fingerprint density at radius 2 is 0.948 bits per heavy atom. The summed E-state index contributed by atoms with van der Waals surface area (Å²) in [5.74, 6) is 1.80. The third kappa shape index (κ3) is 5.14. The molecule has 0 radical (unpaired) electrons. The van der Waals surface area contributed by atoms with Gasteiger partial charge < -0.3 is 8.98 Å². The summed E-state index contributed by atoms with van der Waals surface area (Å²) in [4.78, 5) is 15.6. The Bertz CT molecular complexity index is 3600. The van der Waals surface area contributed by atoms with Gasteiger partial charge in [-0.05, 0) is 75.6 Å². The van der Waals surface area contributed by atoms with Crippen LogP contribution in [0.1, 0.15) is 0 Å². The van der Waals surface area contributed by atoms with Gasteiger partial charge in [0.2, 0.25) is 0 Å². The van der Waals surface area contributed by atoms with Crippen LogP contribution in [0.25, 0.3) is 116 Å². The monoisotopic (exact) mass is 740 g/mol. The third-order valence-corrected chi connectivity index (χ3v) is 11.4. The van der Waals surface area contributed by atoms with Gasteiger partial charge in [-0.25, -0.2) is 15.0 Å². The highest BCUT2D eigenvalue weighted by Gasteiger charge is 2.20. The van der Waals surface area contributed by atoms with Crippen LogP contribution < -0.4 is 0 Å². The lowest BCUT2D eigenvalue weighted by atomic mass is 10.0. The maximum absolute atomic E-state index is 6.30. The zero-order chi connectivity index (χ0) is 38.2. The van der Waals surface area contributed by atoms with Crippen LogP contribution in [0.4, 0.5) is 0 Å². The van der Waals surface area contributed by atoms with Gasteiger partial charge in [-0.1, -0.05) is 146 Å². The molecule has 0 atom stereocenters. The summed E-state index contributed by atoms with van der Waals surface area (Å²) < 4.78 is 8.71. The normalized spacial score (nSPS) is 11.8. The molecule has 5 heteroatoms. The molecule has 0 saturated carbocycles. The Morgan fingerprint density at radius 1 is 0.345 bits per heavy atom. The molecule has 0 saturated heterocycles. The van der Waals surface area contributed by atoms with Crippen molar-refractivity contribution in [3.8, 4) is 51.0 Å². The summed E-state index contributed by atoms with van der Waals surface area (Å²) in [5, 5.41) is 9.21. The van der Waals surface area contributed by atoms with Crippen molar-refractivity contribution in [2.45, 2.75) is 0 Å². The molecule has 0 aliphatic carbocycles. The van der Waals surface area contributed by atoms with Gasteiger partial charge in [-0.3, -0.25) is 0 Å². The van der Waals surface area contributed by atoms with Crippen molar-refractivity contribution in [2.75, 3.05) is 0 Å². The highest BCUT2D eigenvalue weighted by molar-refractivity contribution is 6.14. The molecule has 0 aliphatic rings. The zero-order valence-corrected chi connectivity index (χ0v) is 31.2. The van der Waals surface area contributed by atoms with Crippen LogP contribution in [0, 0.1) is 0 Å². The quantitative estimate of drug-likeness (QED) is 0.176. The molecule has 0 bridgehead atoms. The van der Waals surface area contributed by atoms with E-state index >= 15 is 0 Å². The Kier molecular flexibility index (Phi) is 7.16. The molecule has 0 spiro atoms. The molecule has 3 aromatic heterocycles. The second kappa shape index (κ2) is 12.8. The van der Waals surface area contributed by atoms with Crippen molar-refractivity contribution in [3.05, 3.63) is 194 Å². The van der Waals surface area contributed by atoms with E-state index in [1.54, 1.807) is 0 Å². The number of rotatable bonds is 5. The van der Waals surface area contributed by atoms with Gasteiger partial charge in [-0.2, -0.15) is 0 Å². The van der Waals surface area contributed by atoms with Gasteiger partial charge in [0.15, 0.2) is 17.5 Å². The molecule has 0 aliphatic heterocycles. The van der Waals surface area contributed by atoms with E-state index in [0.717, 1.165) is 66.2 Å². The minimum absolute atomic E-state index is 0.591. The lowest BCUT2D eigenvalue weighted by Gasteiger charge is -2.15. The van der Waals surface area contributed by atoms with Crippen LogP contribution in [-0.2, 0) is 0 Å². The first-order chi connectivity index (χ1) is 28.7. The number of aromatic nitrogens is 4. The second-order valence-electron chi connectivity index (χ2n) is 14.8. The molecular formula is C53H32N4O. The predicted molar refractivity (Wildman–Crippen MR) is 238 cm³/mol. The van der Waals surface area contributed by atoms with Crippen LogP contribution in [0.15, 0.2) is 199 Å². The molecule has 0 fully saturated rings. The van der Waals surface area contributed by atoms with Crippen LogP contribution in [-0.4, -0.2) is 19.5 Å². The summed E-state index contributed by atoms with van der Waals surface area (Å²) in [7, 11) is 0. The van der Waals surface area contributed by atoms with E-state index in [1.807, 2.05) is 30.3 Å². The molecular weight excluding hydrogens is 709 g/mol. The van der Waals surface area contributed by atoms with E-state index in [1.165, 1.54) is 32.6 Å². The van der Waals surface area contributed by atoms with Crippen molar-refractivity contribution < 1.29 is 4.42 Å². The van der Waals surface area contributed by atoms with Crippen molar-refractivity contribution in [1.29, 1.82) is 0 Å².